The van der Waals surface area contributed by atoms with Crippen molar-refractivity contribution in [1.29, 1.82) is 0 Å². The molecule has 0 unspecified atom stereocenters. The normalized spacial score (nSPS) is 11.3. The van der Waals surface area contributed by atoms with Gasteiger partial charge in [-0.25, -0.2) is 4.79 Å². The van der Waals surface area contributed by atoms with Gasteiger partial charge < -0.3 is 21.5 Å². The Bertz CT molecular complexity index is 640. The van der Waals surface area contributed by atoms with Crippen molar-refractivity contribution in [2.45, 2.75) is 19.4 Å². The predicted molar refractivity (Wildman–Crippen MR) is 79.9 cm³/mol. The lowest BCUT2D eigenvalue weighted by Gasteiger charge is -2.26. The van der Waals surface area contributed by atoms with Crippen LogP contribution in [0.5, 0.6) is 0 Å². The highest BCUT2D eigenvalue weighted by atomic mass is 16.4. The van der Waals surface area contributed by atoms with Gasteiger partial charge in [0.15, 0.2) is 0 Å². The van der Waals surface area contributed by atoms with Crippen molar-refractivity contribution in [1.82, 2.24) is 10.3 Å². The molecule has 5 N–H and O–H groups in total. The second kappa shape index (κ2) is 5.24. The molecule has 0 spiro atoms. The molecule has 6 heteroatoms. The lowest BCUT2D eigenvalue weighted by Crippen LogP contribution is -2.47. The molecular formula is C14H18N4O2. The lowest BCUT2D eigenvalue weighted by molar-refractivity contribution is 0.183. The average molecular weight is 274 g/mol. The number of rotatable bonds is 4. The van der Waals surface area contributed by atoms with Crippen LogP contribution in [0.3, 0.4) is 0 Å². The molecule has 106 valence electrons. The van der Waals surface area contributed by atoms with Crippen LogP contribution in [0.1, 0.15) is 13.8 Å². The Labute approximate surface area is 117 Å². The lowest BCUT2D eigenvalue weighted by atomic mass is 10.1. The molecule has 0 saturated carbocycles. The molecule has 6 nitrogen and oxygen atoms in total. The quantitative estimate of drug-likeness (QED) is 0.685. The van der Waals surface area contributed by atoms with Crippen molar-refractivity contribution in [3.05, 3.63) is 30.5 Å². The number of anilines is 2. The van der Waals surface area contributed by atoms with Gasteiger partial charge in [-0.1, -0.05) is 18.2 Å². The number of carbonyl (C=O) groups is 1. The van der Waals surface area contributed by atoms with Crippen molar-refractivity contribution >= 4 is 28.4 Å². The van der Waals surface area contributed by atoms with Crippen molar-refractivity contribution < 1.29 is 9.90 Å². The number of hydrogen-bond acceptors (Lipinski definition) is 4. The van der Waals surface area contributed by atoms with Crippen LogP contribution in [0.15, 0.2) is 30.5 Å². The minimum absolute atomic E-state index is 0.414. The summed E-state index contributed by atoms with van der Waals surface area (Å²) in [7, 11) is 0. The summed E-state index contributed by atoms with van der Waals surface area (Å²) in [6.07, 6.45) is 0.548. The maximum atomic E-state index is 10.7. The number of aromatic nitrogens is 1. The van der Waals surface area contributed by atoms with Crippen molar-refractivity contribution in [3.63, 3.8) is 0 Å². The zero-order valence-corrected chi connectivity index (χ0v) is 11.5. The fraction of sp³-hybridized carbons (Fsp3) is 0.286. The minimum Gasteiger partial charge on any atom is -0.465 e. The van der Waals surface area contributed by atoms with Gasteiger partial charge in [-0.05, 0) is 19.9 Å². The first-order valence-corrected chi connectivity index (χ1v) is 6.27. The van der Waals surface area contributed by atoms with Crippen LogP contribution in [0.4, 0.5) is 16.2 Å². The zero-order chi connectivity index (χ0) is 14.8. The molecule has 0 atom stereocenters. The van der Waals surface area contributed by atoms with Gasteiger partial charge in [0.05, 0.1) is 28.6 Å². The van der Waals surface area contributed by atoms with E-state index >= 15 is 0 Å². The third-order valence-corrected chi connectivity index (χ3v) is 2.96. The number of nitrogens with zero attached hydrogens (tertiary/aromatic N) is 1. The van der Waals surface area contributed by atoms with Gasteiger partial charge in [-0.15, -0.1) is 0 Å². The van der Waals surface area contributed by atoms with Gasteiger partial charge >= 0.3 is 6.09 Å². The van der Waals surface area contributed by atoms with Crippen LogP contribution < -0.4 is 16.4 Å². The standard InChI is InChI=1S/C14H18N4O2/c1-14(2,18-13(19)20)8-17-12-9-5-3-4-6-11(9)16-7-10(12)15/h3-7,18H,8,15H2,1-2H3,(H,16,17)(H,19,20). The number of fused-ring (bicyclic) bond motifs is 1. The first-order valence-electron chi connectivity index (χ1n) is 6.27. The van der Waals surface area contributed by atoms with Gasteiger partial charge in [0, 0.05) is 11.9 Å². The Morgan fingerprint density at radius 3 is 2.80 bits per heavy atom. The molecule has 1 amide bonds. The van der Waals surface area contributed by atoms with E-state index in [0.29, 0.717) is 12.2 Å². The van der Waals surface area contributed by atoms with E-state index in [1.807, 2.05) is 24.3 Å². The van der Waals surface area contributed by atoms with Gasteiger partial charge in [0.2, 0.25) is 0 Å². The molecule has 0 aliphatic rings. The molecule has 2 aromatic rings. The van der Waals surface area contributed by atoms with Crippen molar-refractivity contribution in [2.75, 3.05) is 17.6 Å². The average Bonchev–Trinajstić information content (AvgIpc) is 2.36. The molecule has 2 rings (SSSR count). The summed E-state index contributed by atoms with van der Waals surface area (Å²) in [6, 6.07) is 7.65. The first kappa shape index (κ1) is 13.9. The van der Waals surface area contributed by atoms with Crippen LogP contribution in [0, 0.1) is 0 Å². The summed E-state index contributed by atoms with van der Waals surface area (Å²) in [4.78, 5) is 15.0. The number of nitrogens with one attached hydrogen (secondary N) is 2. The molecule has 1 aromatic carbocycles. The van der Waals surface area contributed by atoms with Crippen LogP contribution in [-0.4, -0.2) is 28.3 Å². The van der Waals surface area contributed by atoms with Crippen molar-refractivity contribution in [3.8, 4) is 0 Å². The van der Waals surface area contributed by atoms with E-state index in [1.165, 1.54) is 0 Å². The molecule has 0 aliphatic carbocycles. The van der Waals surface area contributed by atoms with Crippen LogP contribution >= 0.6 is 0 Å². The molecular weight excluding hydrogens is 256 g/mol. The van der Waals surface area contributed by atoms with E-state index in [4.69, 9.17) is 10.8 Å². The van der Waals surface area contributed by atoms with Gasteiger partial charge in [-0.3, -0.25) is 4.98 Å². The molecule has 0 saturated heterocycles. The molecule has 0 fully saturated rings. The molecule has 1 aromatic heterocycles. The Hall–Kier alpha value is -2.50. The van der Waals surface area contributed by atoms with E-state index in [2.05, 4.69) is 15.6 Å². The number of amides is 1. The molecule has 20 heavy (non-hydrogen) atoms. The van der Waals surface area contributed by atoms with E-state index in [0.717, 1.165) is 16.6 Å². The predicted octanol–water partition coefficient (Wildman–Crippen LogP) is 2.28. The molecule has 0 aliphatic heterocycles. The Morgan fingerprint density at radius 1 is 1.40 bits per heavy atom. The highest BCUT2D eigenvalue weighted by Gasteiger charge is 2.20. The number of nitrogen functional groups attached to an aromatic ring is 1. The number of para-hydroxylation sites is 1. The van der Waals surface area contributed by atoms with Crippen LogP contribution in [-0.2, 0) is 0 Å². The highest BCUT2D eigenvalue weighted by molar-refractivity contribution is 5.96. The number of benzene rings is 1. The topological polar surface area (TPSA) is 100 Å². The van der Waals surface area contributed by atoms with Crippen molar-refractivity contribution in [2.24, 2.45) is 0 Å². The van der Waals surface area contributed by atoms with E-state index < -0.39 is 11.6 Å². The summed E-state index contributed by atoms with van der Waals surface area (Å²) in [5.41, 5.74) is 7.50. The Morgan fingerprint density at radius 2 is 2.10 bits per heavy atom. The number of pyridine rings is 1. The summed E-state index contributed by atoms with van der Waals surface area (Å²) in [6.45, 7) is 4.01. The second-order valence-electron chi connectivity index (χ2n) is 5.27. The minimum atomic E-state index is -1.05. The third kappa shape index (κ3) is 3.09. The first-order chi connectivity index (χ1) is 9.39. The Kier molecular flexibility index (Phi) is 3.65. The molecule has 0 bridgehead atoms. The second-order valence-corrected chi connectivity index (χ2v) is 5.27. The van der Waals surface area contributed by atoms with Gasteiger partial charge in [0.25, 0.3) is 0 Å². The van der Waals surface area contributed by atoms with Gasteiger partial charge in [0.1, 0.15) is 0 Å². The summed E-state index contributed by atoms with van der Waals surface area (Å²) in [5, 5.41) is 15.4. The molecule has 0 radical (unpaired) electrons. The van der Waals surface area contributed by atoms with E-state index in [-0.39, 0.29) is 0 Å². The maximum Gasteiger partial charge on any atom is 0.405 e. The smallest absolute Gasteiger partial charge is 0.405 e. The Balaban J connectivity index is 2.25. The highest BCUT2D eigenvalue weighted by Crippen LogP contribution is 2.27. The SMILES string of the molecule is CC(C)(CNc1c(N)cnc2ccccc12)NC(=O)O. The summed E-state index contributed by atoms with van der Waals surface area (Å²) >= 11 is 0. The summed E-state index contributed by atoms with van der Waals surface area (Å²) in [5.74, 6) is 0. The summed E-state index contributed by atoms with van der Waals surface area (Å²) < 4.78 is 0. The number of nitrogens with two attached hydrogens (primary N) is 1. The van der Waals surface area contributed by atoms with Crippen LogP contribution in [0.2, 0.25) is 0 Å². The maximum absolute atomic E-state index is 10.7. The largest absolute Gasteiger partial charge is 0.465 e. The zero-order valence-electron chi connectivity index (χ0n) is 11.5. The number of carboxylic acid groups (broad SMARTS) is 1. The monoisotopic (exact) mass is 274 g/mol. The number of hydrogen-bond donors (Lipinski definition) is 4. The third-order valence-electron chi connectivity index (χ3n) is 2.96. The fourth-order valence-corrected chi connectivity index (χ4v) is 2.00. The van der Waals surface area contributed by atoms with Crippen LogP contribution in [0.25, 0.3) is 10.9 Å². The molecule has 1 heterocycles. The van der Waals surface area contributed by atoms with E-state index in [9.17, 15) is 4.79 Å². The van der Waals surface area contributed by atoms with Gasteiger partial charge in [-0.2, -0.15) is 0 Å². The fourth-order valence-electron chi connectivity index (χ4n) is 2.00. The van der Waals surface area contributed by atoms with E-state index in [1.54, 1.807) is 20.0 Å².